The second-order valence-electron chi connectivity index (χ2n) is 8.08. The topological polar surface area (TPSA) is 0 Å². The molecule has 2 heteroatoms. The lowest BCUT2D eigenvalue weighted by Crippen LogP contribution is -2.33. The summed E-state index contributed by atoms with van der Waals surface area (Å²) in [4.78, 5) is 0. The van der Waals surface area contributed by atoms with Gasteiger partial charge in [-0.05, 0) is 50.4 Å². The zero-order valence-corrected chi connectivity index (χ0v) is 13.1. The van der Waals surface area contributed by atoms with E-state index in [2.05, 4.69) is 26.6 Å². The Morgan fingerprint density at radius 2 is 1.53 bits per heavy atom. The van der Waals surface area contributed by atoms with Crippen molar-refractivity contribution in [1.82, 2.24) is 0 Å². The van der Waals surface area contributed by atoms with Crippen molar-refractivity contribution >= 4 is 14.8 Å². The standard InChI is InChI=1S/C15H27BSi/c1-11(17(2,3)4)15-8-12-5-13-7-14(6-12)10-16(15)9-13/h12-14H,5-10H2,1-4H3/b15-11-. The van der Waals surface area contributed by atoms with Gasteiger partial charge in [-0.15, -0.1) is 5.47 Å². The molecule has 0 aromatic rings. The molecule has 1 saturated carbocycles. The van der Waals surface area contributed by atoms with E-state index < -0.39 is 8.07 Å². The minimum Gasteiger partial charge on any atom is -0.106 e. The van der Waals surface area contributed by atoms with Crippen molar-refractivity contribution < 1.29 is 0 Å². The Morgan fingerprint density at radius 3 is 2.06 bits per heavy atom. The van der Waals surface area contributed by atoms with Gasteiger partial charge in [0.15, 0.2) is 6.71 Å². The summed E-state index contributed by atoms with van der Waals surface area (Å²) in [5.74, 6) is 3.27. The van der Waals surface area contributed by atoms with E-state index in [1.54, 1.807) is 31.9 Å². The lowest BCUT2D eigenvalue weighted by Gasteiger charge is -2.37. The van der Waals surface area contributed by atoms with Gasteiger partial charge >= 0.3 is 0 Å². The molecular formula is C15H27BSi. The molecule has 4 aliphatic rings. The van der Waals surface area contributed by atoms with Gasteiger partial charge in [0.2, 0.25) is 0 Å². The number of rotatable bonds is 1. The van der Waals surface area contributed by atoms with E-state index in [0.717, 1.165) is 24.5 Å². The first-order valence-electron chi connectivity index (χ1n) is 7.63. The van der Waals surface area contributed by atoms with Gasteiger partial charge in [0.05, 0.1) is 8.07 Å². The largest absolute Gasteiger partial charge is 0.170 e. The summed E-state index contributed by atoms with van der Waals surface area (Å²) < 4.78 is 0. The highest BCUT2D eigenvalue weighted by Crippen LogP contribution is 2.51. The number of hydrogen-bond donors (Lipinski definition) is 0. The zero-order valence-electron chi connectivity index (χ0n) is 12.1. The third-order valence-corrected chi connectivity index (χ3v) is 8.41. The van der Waals surface area contributed by atoms with Gasteiger partial charge in [0.25, 0.3) is 0 Å². The fourth-order valence-corrected chi connectivity index (χ4v) is 6.13. The van der Waals surface area contributed by atoms with E-state index in [0.29, 0.717) is 0 Å². The third-order valence-electron chi connectivity index (χ3n) is 5.84. The molecule has 94 valence electrons. The van der Waals surface area contributed by atoms with Crippen LogP contribution in [0, 0.1) is 17.8 Å². The molecule has 4 fully saturated rings. The van der Waals surface area contributed by atoms with Crippen LogP contribution in [0.1, 0.15) is 32.6 Å². The van der Waals surface area contributed by atoms with Crippen molar-refractivity contribution in [2.75, 3.05) is 0 Å². The average molecular weight is 246 g/mol. The minimum atomic E-state index is -1.06. The van der Waals surface area contributed by atoms with E-state index in [4.69, 9.17) is 0 Å². The first-order chi connectivity index (χ1) is 7.93. The SMILES string of the molecule is C/C(=C1\CC2CC3CB1CC(C3)C2)[Si](C)(C)C. The normalized spacial score (nSPS) is 39.5. The van der Waals surface area contributed by atoms with Crippen LogP contribution in [0.25, 0.3) is 0 Å². The summed E-state index contributed by atoms with van der Waals surface area (Å²) in [7, 11) is -1.06. The Labute approximate surface area is 108 Å². The van der Waals surface area contributed by atoms with E-state index in [-0.39, 0.29) is 0 Å². The monoisotopic (exact) mass is 246 g/mol. The molecule has 0 aromatic carbocycles. The Morgan fingerprint density at radius 1 is 1.00 bits per heavy atom. The number of hydrogen-bond acceptors (Lipinski definition) is 0. The minimum absolute atomic E-state index is 0.998. The van der Waals surface area contributed by atoms with Crippen LogP contribution < -0.4 is 0 Å². The van der Waals surface area contributed by atoms with Gasteiger partial charge in [0, 0.05) is 0 Å². The van der Waals surface area contributed by atoms with E-state index in [9.17, 15) is 0 Å². The van der Waals surface area contributed by atoms with Crippen LogP contribution in [0.2, 0.25) is 32.3 Å². The second-order valence-corrected chi connectivity index (χ2v) is 13.3. The van der Waals surface area contributed by atoms with Gasteiger partial charge in [-0.3, -0.25) is 0 Å². The second kappa shape index (κ2) is 4.01. The van der Waals surface area contributed by atoms with Crippen molar-refractivity contribution in [1.29, 1.82) is 0 Å². The molecule has 0 spiro atoms. The van der Waals surface area contributed by atoms with E-state index in [1.165, 1.54) is 6.42 Å². The van der Waals surface area contributed by atoms with E-state index in [1.807, 2.05) is 10.7 Å². The Bertz CT molecular complexity index is 338. The van der Waals surface area contributed by atoms with E-state index >= 15 is 0 Å². The molecule has 0 N–H and O–H groups in total. The van der Waals surface area contributed by atoms with Crippen molar-refractivity contribution in [3.63, 3.8) is 0 Å². The quantitative estimate of drug-likeness (QED) is 0.590. The van der Waals surface area contributed by atoms with Crippen molar-refractivity contribution in [2.45, 2.75) is 64.9 Å². The molecule has 3 aliphatic heterocycles. The molecule has 17 heavy (non-hydrogen) atoms. The van der Waals surface area contributed by atoms with Crippen molar-refractivity contribution in [2.24, 2.45) is 17.8 Å². The smallest absolute Gasteiger partial charge is 0.106 e. The summed E-state index contributed by atoms with van der Waals surface area (Å²) in [5, 5.41) is 1.86. The lowest BCUT2D eigenvalue weighted by molar-refractivity contribution is 0.216. The fourth-order valence-electron chi connectivity index (χ4n) is 4.86. The summed E-state index contributed by atoms with van der Waals surface area (Å²) >= 11 is 0. The van der Waals surface area contributed by atoms with Gasteiger partial charge in [0.1, 0.15) is 0 Å². The molecule has 2 unspecified atom stereocenters. The molecule has 2 atom stereocenters. The maximum atomic E-state index is 2.53. The Hall–Kier alpha value is 0.0218. The summed E-state index contributed by atoms with van der Waals surface area (Å²) in [6, 6.07) is 0. The molecule has 0 aromatic heterocycles. The first-order valence-corrected chi connectivity index (χ1v) is 11.1. The average Bonchev–Trinajstić information content (AvgIpc) is 2.40. The molecule has 4 bridgehead atoms. The maximum absolute atomic E-state index is 2.53. The third kappa shape index (κ3) is 2.18. The highest BCUT2D eigenvalue weighted by atomic mass is 28.3. The van der Waals surface area contributed by atoms with Gasteiger partial charge in [-0.25, -0.2) is 0 Å². The summed E-state index contributed by atoms with van der Waals surface area (Å²) in [6.07, 6.45) is 9.28. The highest BCUT2D eigenvalue weighted by Gasteiger charge is 2.43. The molecular weight excluding hydrogens is 219 g/mol. The zero-order chi connectivity index (χ0) is 12.2. The van der Waals surface area contributed by atoms with Crippen molar-refractivity contribution in [3.05, 3.63) is 10.7 Å². The number of fused-ring (bicyclic) bond motifs is 1. The van der Waals surface area contributed by atoms with Crippen LogP contribution in [0.3, 0.4) is 0 Å². The molecule has 0 radical (unpaired) electrons. The Balaban J connectivity index is 1.97. The first kappa shape index (κ1) is 12.1. The van der Waals surface area contributed by atoms with Gasteiger partial charge in [-0.1, -0.05) is 37.5 Å². The van der Waals surface area contributed by atoms with Gasteiger partial charge < -0.3 is 0 Å². The van der Waals surface area contributed by atoms with Crippen LogP contribution in [-0.4, -0.2) is 14.8 Å². The maximum Gasteiger partial charge on any atom is 0.170 e. The van der Waals surface area contributed by atoms with Crippen LogP contribution in [0.15, 0.2) is 10.7 Å². The molecule has 4 rings (SSSR count). The molecule has 0 amide bonds. The summed E-state index contributed by atoms with van der Waals surface area (Å²) in [6.45, 7) is 11.1. The van der Waals surface area contributed by atoms with Crippen LogP contribution in [0.4, 0.5) is 0 Å². The highest BCUT2D eigenvalue weighted by molar-refractivity contribution is 6.85. The van der Waals surface area contributed by atoms with Gasteiger partial charge in [-0.2, -0.15) is 0 Å². The predicted octanol–water partition coefficient (Wildman–Crippen LogP) is 4.66. The van der Waals surface area contributed by atoms with Crippen molar-refractivity contribution in [3.8, 4) is 0 Å². The summed E-state index contributed by atoms with van der Waals surface area (Å²) in [5.41, 5.74) is 1.94. The molecule has 0 nitrogen and oxygen atoms in total. The Kier molecular flexibility index (Phi) is 2.85. The lowest BCUT2D eigenvalue weighted by atomic mass is 9.34. The predicted molar refractivity (Wildman–Crippen MR) is 80.4 cm³/mol. The number of allylic oxidation sites excluding steroid dienone is 2. The van der Waals surface area contributed by atoms with Crippen LogP contribution in [0.5, 0.6) is 0 Å². The van der Waals surface area contributed by atoms with Crippen LogP contribution >= 0.6 is 0 Å². The molecule has 3 heterocycles. The molecule has 1 aliphatic carbocycles. The molecule has 3 saturated heterocycles. The van der Waals surface area contributed by atoms with Crippen LogP contribution in [-0.2, 0) is 0 Å². The fraction of sp³-hybridized carbons (Fsp3) is 0.867.